The number of rotatable bonds is 14. The molecular formula is C21H42O3PtSi. The molecule has 0 aromatic heterocycles. The molecule has 1 atom stereocenters. The summed E-state index contributed by atoms with van der Waals surface area (Å²) in [6.45, 7) is 2.27. The molecule has 0 saturated carbocycles. The molecule has 0 bridgehead atoms. The molecule has 0 aromatic rings. The Hall–Kier alpha value is 0.265. The third-order valence-electron chi connectivity index (χ3n) is 5.20. The van der Waals surface area contributed by atoms with Crippen molar-refractivity contribution in [2.45, 2.75) is 86.2 Å². The number of hydrogen-bond acceptors (Lipinski definition) is 3. The minimum atomic E-state index is -2.69. The second-order valence-corrected chi connectivity index (χ2v) is 22.3. The molecule has 0 radical (unpaired) electrons. The van der Waals surface area contributed by atoms with Gasteiger partial charge in [0.25, 0.3) is 0 Å². The van der Waals surface area contributed by atoms with E-state index in [1.54, 1.807) is 25.3 Å². The second-order valence-electron chi connectivity index (χ2n) is 7.53. The molecule has 1 unspecified atom stereocenters. The second kappa shape index (κ2) is 12.0. The summed E-state index contributed by atoms with van der Waals surface area (Å²) < 4.78 is 19.5. The van der Waals surface area contributed by atoms with E-state index < -0.39 is 24.9 Å². The molecule has 158 valence electrons. The monoisotopic (exact) mass is 565 g/mol. The number of unbranched alkanes of at least 4 members (excludes halogenated alkanes) is 6. The molecule has 0 N–H and O–H groups in total. The summed E-state index contributed by atoms with van der Waals surface area (Å²) in [6, 6.07) is 0. The van der Waals surface area contributed by atoms with Crippen LogP contribution in [0.2, 0.25) is 21.5 Å². The number of hydrogen-bond donors (Lipinski definition) is 0. The summed E-state index contributed by atoms with van der Waals surface area (Å²) in [5, 5.41) is 7.45. The molecule has 0 aliphatic heterocycles. The van der Waals surface area contributed by atoms with Crippen LogP contribution < -0.4 is 0 Å². The van der Waals surface area contributed by atoms with Crippen molar-refractivity contribution in [3.63, 3.8) is 0 Å². The van der Waals surface area contributed by atoms with Crippen molar-refractivity contribution < 1.29 is 29.3 Å². The van der Waals surface area contributed by atoms with Crippen molar-refractivity contribution in [2.75, 3.05) is 21.3 Å². The van der Waals surface area contributed by atoms with Crippen LogP contribution in [0.1, 0.15) is 64.7 Å². The van der Waals surface area contributed by atoms with E-state index in [-0.39, 0.29) is 5.54 Å². The molecule has 5 heteroatoms. The van der Waals surface area contributed by atoms with Gasteiger partial charge < -0.3 is 0 Å². The van der Waals surface area contributed by atoms with E-state index in [1.165, 1.54) is 50.5 Å². The van der Waals surface area contributed by atoms with Gasteiger partial charge in [-0.2, -0.15) is 0 Å². The zero-order chi connectivity index (χ0) is 19.6. The fourth-order valence-corrected chi connectivity index (χ4v) is 10.8. The molecule has 3 nitrogen and oxygen atoms in total. The molecule has 1 aliphatic carbocycles. The van der Waals surface area contributed by atoms with E-state index in [0.717, 1.165) is 12.8 Å². The summed E-state index contributed by atoms with van der Waals surface area (Å²) in [5.74, 6) is 0. The average Bonchev–Trinajstić information content (AvgIpc) is 3.10. The van der Waals surface area contributed by atoms with E-state index in [4.69, 9.17) is 13.3 Å². The van der Waals surface area contributed by atoms with Crippen LogP contribution in [-0.2, 0) is 29.3 Å². The molecule has 0 amide bonds. The first-order valence-corrected chi connectivity index (χ1v) is 19.5. The molecule has 0 aromatic carbocycles. The molecule has 1 rings (SSSR count). The zero-order valence-electron chi connectivity index (χ0n) is 18.1. The standard InChI is InChI=1S/C18H33O3Si.3CH3.Pt/c1-5-6-7-8-9-10-11-16-18(17-14-12-13-15-17)22(19-2,20-3)21-4;;;;/h12,14,18H,5-11,13,16H2,1-4H3;3*1H3;. The first-order chi connectivity index (χ1) is 12.4. The average molecular weight is 566 g/mol. The molecule has 0 saturated heterocycles. The maximum atomic E-state index is 5.93. The van der Waals surface area contributed by atoms with Crippen molar-refractivity contribution in [1.29, 1.82) is 0 Å². The molecule has 1 aliphatic rings. The minimum absolute atomic E-state index is 0.273. The Morgan fingerprint density at radius 2 is 1.46 bits per heavy atom. The molecular weight excluding hydrogens is 523 g/mol. The predicted octanol–water partition coefficient (Wildman–Crippen LogP) is 6.89. The van der Waals surface area contributed by atoms with Gasteiger partial charge in [-0.05, 0) is 0 Å². The zero-order valence-corrected chi connectivity index (χ0v) is 21.4. The van der Waals surface area contributed by atoms with E-state index in [1.807, 2.05) is 0 Å². The van der Waals surface area contributed by atoms with Crippen molar-refractivity contribution in [1.82, 2.24) is 0 Å². The van der Waals surface area contributed by atoms with Crippen LogP contribution in [0.5, 0.6) is 0 Å². The molecule has 0 heterocycles. The quantitative estimate of drug-likeness (QED) is 0.170. The van der Waals surface area contributed by atoms with Crippen LogP contribution >= 0.6 is 0 Å². The van der Waals surface area contributed by atoms with Gasteiger partial charge in [-0.15, -0.1) is 0 Å². The first-order valence-electron chi connectivity index (χ1n) is 9.77. The Balaban J connectivity index is 2.89. The van der Waals surface area contributed by atoms with Crippen LogP contribution in [0.4, 0.5) is 0 Å². The fraction of sp³-hybridized carbons (Fsp3) is 0.810. The summed E-state index contributed by atoms with van der Waals surface area (Å²) in [7, 11) is 2.58. The van der Waals surface area contributed by atoms with Crippen LogP contribution in [0.15, 0.2) is 21.7 Å². The first kappa shape index (κ1) is 24.3. The van der Waals surface area contributed by atoms with Crippen molar-refractivity contribution in [3.8, 4) is 0 Å². The Labute approximate surface area is 167 Å². The summed E-state index contributed by atoms with van der Waals surface area (Å²) in [6.07, 6.45) is 16.2. The third-order valence-corrected chi connectivity index (χ3v) is 13.6. The van der Waals surface area contributed by atoms with Gasteiger partial charge in [-0.1, -0.05) is 0 Å². The third kappa shape index (κ3) is 6.70. The SMILES string of the molecule is CCCCCCCCCC(C1=[C]([Pt]([CH3])([CH3])[CH3])CC=C1)[Si](OC)(OC)OC. The number of allylic oxidation sites excluding steroid dienone is 4. The Morgan fingerprint density at radius 1 is 0.923 bits per heavy atom. The fourth-order valence-electron chi connectivity index (χ4n) is 3.75. The van der Waals surface area contributed by atoms with Crippen molar-refractivity contribution >= 4 is 8.80 Å². The van der Waals surface area contributed by atoms with Gasteiger partial charge in [0.05, 0.1) is 0 Å². The van der Waals surface area contributed by atoms with Gasteiger partial charge in [-0.25, -0.2) is 0 Å². The van der Waals surface area contributed by atoms with Gasteiger partial charge in [0.1, 0.15) is 0 Å². The summed E-state index contributed by atoms with van der Waals surface area (Å²) >= 11 is -1.82. The van der Waals surface area contributed by atoms with Gasteiger partial charge >= 0.3 is 167 Å². The van der Waals surface area contributed by atoms with E-state index >= 15 is 0 Å². The van der Waals surface area contributed by atoms with Gasteiger partial charge in [-0.3, -0.25) is 0 Å². The summed E-state index contributed by atoms with van der Waals surface area (Å²) in [4.78, 5) is 0. The van der Waals surface area contributed by atoms with E-state index in [0.29, 0.717) is 0 Å². The van der Waals surface area contributed by atoms with Crippen LogP contribution in [0.3, 0.4) is 0 Å². The maximum absolute atomic E-state index is 5.93. The Morgan fingerprint density at radius 3 is 1.96 bits per heavy atom. The Kier molecular flexibility index (Phi) is 11.2. The predicted molar refractivity (Wildman–Crippen MR) is 112 cm³/mol. The van der Waals surface area contributed by atoms with Gasteiger partial charge in [0, 0.05) is 0 Å². The van der Waals surface area contributed by atoms with Gasteiger partial charge in [0.15, 0.2) is 0 Å². The Bertz CT molecular complexity index is 456. The van der Waals surface area contributed by atoms with Crippen LogP contribution in [-0.4, -0.2) is 30.1 Å². The molecule has 0 fully saturated rings. The van der Waals surface area contributed by atoms with Crippen molar-refractivity contribution in [2.24, 2.45) is 0 Å². The van der Waals surface area contributed by atoms with E-state index in [9.17, 15) is 0 Å². The summed E-state index contributed by atoms with van der Waals surface area (Å²) in [5.41, 5.74) is 1.76. The molecule has 26 heavy (non-hydrogen) atoms. The van der Waals surface area contributed by atoms with Crippen LogP contribution in [0, 0.1) is 0 Å². The van der Waals surface area contributed by atoms with E-state index in [2.05, 4.69) is 35.0 Å². The normalized spacial score (nSPS) is 17.2. The van der Waals surface area contributed by atoms with Gasteiger partial charge in [0.2, 0.25) is 0 Å². The van der Waals surface area contributed by atoms with Crippen LogP contribution in [0.25, 0.3) is 0 Å². The molecule has 0 spiro atoms. The van der Waals surface area contributed by atoms with Crippen molar-refractivity contribution in [3.05, 3.63) is 21.7 Å². The topological polar surface area (TPSA) is 27.7 Å².